The van der Waals surface area contributed by atoms with Crippen molar-refractivity contribution in [2.75, 3.05) is 6.61 Å². The minimum atomic E-state index is -0.762. The summed E-state index contributed by atoms with van der Waals surface area (Å²) in [5, 5.41) is 27.0. The first-order valence-electron chi connectivity index (χ1n) is 4.62. The Bertz CT molecular complexity index is 336. The number of aromatic hydroxyl groups is 2. The van der Waals surface area contributed by atoms with Gasteiger partial charge in [-0.3, -0.25) is 0 Å². The van der Waals surface area contributed by atoms with E-state index in [9.17, 15) is 5.11 Å². The van der Waals surface area contributed by atoms with E-state index < -0.39 is 23.6 Å². The van der Waals surface area contributed by atoms with Crippen LogP contribution in [0.25, 0.3) is 0 Å². The summed E-state index contributed by atoms with van der Waals surface area (Å²) in [6.07, 6.45) is 0.0113. The SMILES string of the molecule is [2H]c1c([2H])c(CCO)c([2H])c(O)c1O. The molecule has 0 fully saturated rings. The summed E-state index contributed by atoms with van der Waals surface area (Å²) in [6.45, 7) is -0.276. The topological polar surface area (TPSA) is 60.7 Å². The average molecular weight is 157 g/mol. The molecule has 60 valence electrons. The highest BCUT2D eigenvalue weighted by Crippen LogP contribution is 2.24. The van der Waals surface area contributed by atoms with Gasteiger partial charge in [-0.15, -0.1) is 0 Å². The van der Waals surface area contributed by atoms with E-state index in [2.05, 4.69) is 0 Å². The molecule has 0 radical (unpaired) electrons. The molecule has 3 nitrogen and oxygen atoms in total. The van der Waals surface area contributed by atoms with Crippen LogP contribution < -0.4 is 0 Å². The first kappa shape index (κ1) is 4.62. The second-order valence-electron chi connectivity index (χ2n) is 2.02. The van der Waals surface area contributed by atoms with Gasteiger partial charge in [-0.2, -0.15) is 0 Å². The quantitative estimate of drug-likeness (QED) is 0.552. The summed E-state index contributed by atoms with van der Waals surface area (Å²) in [7, 11) is 0. The molecule has 1 aromatic carbocycles. The number of aliphatic hydroxyl groups is 1. The van der Waals surface area contributed by atoms with Gasteiger partial charge >= 0.3 is 0 Å². The van der Waals surface area contributed by atoms with Crippen LogP contribution in [0.2, 0.25) is 0 Å². The van der Waals surface area contributed by atoms with Crippen molar-refractivity contribution >= 4 is 0 Å². The van der Waals surface area contributed by atoms with Crippen LogP contribution in [0, 0.1) is 0 Å². The molecule has 0 aliphatic carbocycles. The van der Waals surface area contributed by atoms with Gasteiger partial charge in [-0.25, -0.2) is 0 Å². The molecular formula is C8H10O3. The zero-order valence-corrected chi connectivity index (χ0v) is 5.76. The molecule has 0 aliphatic heterocycles. The zero-order chi connectivity index (χ0) is 10.9. The summed E-state index contributed by atoms with van der Waals surface area (Å²) in [5.41, 5.74) is 0.0628. The molecule has 0 saturated carbocycles. The predicted octanol–water partition coefficient (Wildman–Crippen LogP) is 0.633. The minimum absolute atomic E-state index is 0.0113. The van der Waals surface area contributed by atoms with Gasteiger partial charge in [-0.1, -0.05) is 6.04 Å². The Hall–Kier alpha value is -1.22. The number of rotatable bonds is 2. The first-order chi connectivity index (χ1) is 6.50. The summed E-state index contributed by atoms with van der Waals surface area (Å²) >= 11 is 0. The molecule has 0 saturated heterocycles. The number of phenolic OH excluding ortho intramolecular Hbond substituents is 2. The van der Waals surface area contributed by atoms with Crippen molar-refractivity contribution in [2.24, 2.45) is 0 Å². The van der Waals surface area contributed by atoms with Crippen LogP contribution in [-0.4, -0.2) is 21.9 Å². The fraction of sp³-hybridized carbons (Fsp3) is 0.250. The molecule has 0 aromatic heterocycles. The van der Waals surface area contributed by atoms with Gasteiger partial charge in [0.25, 0.3) is 0 Å². The van der Waals surface area contributed by atoms with Crippen LogP contribution in [0.15, 0.2) is 18.1 Å². The van der Waals surface area contributed by atoms with Crippen LogP contribution in [-0.2, 0) is 6.42 Å². The predicted molar refractivity (Wildman–Crippen MR) is 40.6 cm³/mol. The number of aliphatic hydroxyl groups excluding tert-OH is 1. The molecule has 3 heteroatoms. The highest BCUT2D eigenvalue weighted by Gasteiger charge is 1.98. The average Bonchev–Trinajstić information content (AvgIpc) is 2.19. The third-order valence-electron chi connectivity index (χ3n) is 1.19. The maximum atomic E-state index is 9.20. The van der Waals surface area contributed by atoms with Crippen LogP contribution >= 0.6 is 0 Å². The lowest BCUT2D eigenvalue weighted by Crippen LogP contribution is -1.89. The van der Waals surface area contributed by atoms with Gasteiger partial charge < -0.3 is 15.3 Å². The molecule has 0 amide bonds. The highest BCUT2D eigenvalue weighted by atomic mass is 16.3. The summed E-state index contributed by atoms with van der Waals surface area (Å²) in [4.78, 5) is 0. The van der Waals surface area contributed by atoms with E-state index in [0.717, 1.165) is 0 Å². The Morgan fingerprint density at radius 3 is 2.64 bits per heavy atom. The van der Waals surface area contributed by atoms with E-state index in [1.54, 1.807) is 0 Å². The van der Waals surface area contributed by atoms with E-state index >= 15 is 0 Å². The largest absolute Gasteiger partial charge is 0.504 e. The van der Waals surface area contributed by atoms with Crippen molar-refractivity contribution in [1.29, 1.82) is 0 Å². The fourth-order valence-corrected chi connectivity index (χ4v) is 0.664. The molecule has 0 bridgehead atoms. The van der Waals surface area contributed by atoms with Crippen molar-refractivity contribution in [3.8, 4) is 11.5 Å². The molecule has 0 atom stereocenters. The molecule has 0 aliphatic rings. The molecule has 1 aromatic rings. The number of benzene rings is 1. The highest BCUT2D eigenvalue weighted by molar-refractivity contribution is 5.40. The molecule has 1 rings (SSSR count). The molecule has 0 unspecified atom stereocenters. The van der Waals surface area contributed by atoms with E-state index in [0.29, 0.717) is 0 Å². The maximum Gasteiger partial charge on any atom is 0.157 e. The molecule has 0 heterocycles. The lowest BCUT2D eigenvalue weighted by Gasteiger charge is -2.00. The summed E-state index contributed by atoms with van der Waals surface area (Å²) < 4.78 is 22.0. The van der Waals surface area contributed by atoms with E-state index in [1.165, 1.54) is 0 Å². The van der Waals surface area contributed by atoms with Gasteiger partial charge in [-0.05, 0) is 24.1 Å². The third kappa shape index (κ3) is 1.85. The number of hydrogen-bond acceptors (Lipinski definition) is 3. The Kier molecular flexibility index (Phi) is 1.37. The molecule has 0 spiro atoms. The lowest BCUT2D eigenvalue weighted by atomic mass is 10.1. The molecule has 3 N–H and O–H groups in total. The lowest BCUT2D eigenvalue weighted by molar-refractivity contribution is 0.299. The van der Waals surface area contributed by atoms with Gasteiger partial charge in [0.05, 0.1) is 4.11 Å². The van der Waals surface area contributed by atoms with Crippen LogP contribution in [0.4, 0.5) is 0 Å². The van der Waals surface area contributed by atoms with Gasteiger partial charge in [0.15, 0.2) is 11.5 Å². The van der Waals surface area contributed by atoms with Gasteiger partial charge in [0, 0.05) is 6.61 Å². The third-order valence-corrected chi connectivity index (χ3v) is 1.19. The molecular weight excluding hydrogens is 144 g/mol. The first-order valence-corrected chi connectivity index (χ1v) is 3.12. The Morgan fingerprint density at radius 1 is 1.27 bits per heavy atom. The number of phenols is 2. The van der Waals surface area contributed by atoms with Crippen molar-refractivity contribution in [2.45, 2.75) is 6.42 Å². The molecule has 11 heavy (non-hydrogen) atoms. The Balaban J connectivity index is 3.43. The van der Waals surface area contributed by atoms with E-state index in [-0.39, 0.29) is 24.6 Å². The fourth-order valence-electron chi connectivity index (χ4n) is 0.664. The Morgan fingerprint density at radius 2 is 2.00 bits per heavy atom. The van der Waals surface area contributed by atoms with E-state index in [1.807, 2.05) is 0 Å². The smallest absolute Gasteiger partial charge is 0.157 e. The van der Waals surface area contributed by atoms with Crippen molar-refractivity contribution in [3.63, 3.8) is 0 Å². The van der Waals surface area contributed by atoms with Gasteiger partial charge in [0.1, 0.15) is 0 Å². The van der Waals surface area contributed by atoms with Gasteiger partial charge in [0.2, 0.25) is 0 Å². The van der Waals surface area contributed by atoms with Crippen molar-refractivity contribution in [1.82, 2.24) is 0 Å². The Labute approximate surface area is 68.8 Å². The second kappa shape index (κ2) is 3.25. The second-order valence-corrected chi connectivity index (χ2v) is 2.02. The van der Waals surface area contributed by atoms with Crippen LogP contribution in [0.3, 0.4) is 0 Å². The number of hydrogen-bond donors (Lipinski definition) is 3. The van der Waals surface area contributed by atoms with Crippen LogP contribution in [0.1, 0.15) is 9.68 Å². The van der Waals surface area contributed by atoms with Crippen molar-refractivity contribution < 1.29 is 19.4 Å². The van der Waals surface area contributed by atoms with Crippen LogP contribution in [0.5, 0.6) is 11.5 Å². The van der Waals surface area contributed by atoms with Crippen molar-refractivity contribution in [3.05, 3.63) is 23.7 Å². The standard InChI is InChI=1S/C8H10O3/c9-4-3-6-1-2-7(10)8(11)5-6/h1-2,5,9-11H,3-4H2/i1D,2D,5D. The summed E-state index contributed by atoms with van der Waals surface area (Å²) in [6, 6.07) is -1.26. The monoisotopic (exact) mass is 157 g/mol. The normalized spacial score (nSPS) is 13.7. The zero-order valence-electron chi connectivity index (χ0n) is 8.76. The summed E-state index contributed by atoms with van der Waals surface area (Å²) in [5.74, 6) is -1.48. The van der Waals surface area contributed by atoms with E-state index in [4.69, 9.17) is 14.3 Å². The maximum absolute atomic E-state index is 9.20. The minimum Gasteiger partial charge on any atom is -0.504 e.